The first kappa shape index (κ1) is 11.6. The summed E-state index contributed by atoms with van der Waals surface area (Å²) in [4.78, 5) is 4.12. The Morgan fingerprint density at radius 2 is 2.24 bits per heavy atom. The van der Waals surface area contributed by atoms with Crippen LogP contribution in [-0.2, 0) is 6.42 Å². The number of phenols is 1. The van der Waals surface area contributed by atoms with E-state index in [4.69, 9.17) is 4.52 Å². The van der Waals surface area contributed by atoms with Crippen molar-refractivity contribution in [2.45, 2.75) is 26.2 Å². The van der Waals surface area contributed by atoms with Crippen molar-refractivity contribution in [1.29, 1.82) is 0 Å². The zero-order valence-electron chi connectivity index (χ0n) is 9.48. The highest BCUT2D eigenvalue weighted by molar-refractivity contribution is 5.61. The number of nitrogens with zero attached hydrogens (tertiary/aromatic N) is 2. The summed E-state index contributed by atoms with van der Waals surface area (Å²) in [5.74, 6) is 0.196. The van der Waals surface area contributed by atoms with E-state index in [1.54, 1.807) is 0 Å². The molecule has 0 aliphatic heterocycles. The lowest BCUT2D eigenvalue weighted by atomic mass is 10.2. The molecular weight excluding hydrogens is 223 g/mol. The van der Waals surface area contributed by atoms with Crippen LogP contribution in [0.15, 0.2) is 22.7 Å². The third-order valence-corrected chi connectivity index (χ3v) is 2.41. The van der Waals surface area contributed by atoms with Crippen LogP contribution in [0.3, 0.4) is 0 Å². The fourth-order valence-electron chi connectivity index (χ4n) is 1.48. The minimum absolute atomic E-state index is 0.0721. The Hall–Kier alpha value is -1.91. The van der Waals surface area contributed by atoms with E-state index in [0.29, 0.717) is 5.82 Å². The molecule has 0 atom stereocenters. The van der Waals surface area contributed by atoms with E-state index in [0.717, 1.165) is 19.3 Å². The van der Waals surface area contributed by atoms with Gasteiger partial charge in [-0.1, -0.05) is 18.5 Å². The third-order valence-electron chi connectivity index (χ3n) is 2.41. The summed E-state index contributed by atoms with van der Waals surface area (Å²) in [6, 6.07) is 3.61. The van der Waals surface area contributed by atoms with Crippen LogP contribution in [0.1, 0.15) is 25.6 Å². The van der Waals surface area contributed by atoms with Crippen molar-refractivity contribution in [1.82, 2.24) is 10.1 Å². The van der Waals surface area contributed by atoms with E-state index in [-0.39, 0.29) is 17.2 Å². The molecule has 0 radical (unpaired) electrons. The third kappa shape index (κ3) is 2.61. The smallest absolute Gasteiger partial charge is 0.261 e. The number of halogens is 1. The van der Waals surface area contributed by atoms with E-state index in [1.807, 2.05) is 0 Å². The highest BCUT2D eigenvalue weighted by Gasteiger charge is 2.13. The first-order valence-corrected chi connectivity index (χ1v) is 5.52. The van der Waals surface area contributed by atoms with E-state index in [9.17, 15) is 9.50 Å². The van der Waals surface area contributed by atoms with Gasteiger partial charge in [-0.2, -0.15) is 4.98 Å². The summed E-state index contributed by atoms with van der Waals surface area (Å²) in [6.45, 7) is 2.07. The molecule has 2 aromatic rings. The molecule has 1 heterocycles. The summed E-state index contributed by atoms with van der Waals surface area (Å²) in [6.07, 6.45) is 2.72. The number of rotatable bonds is 4. The summed E-state index contributed by atoms with van der Waals surface area (Å²) >= 11 is 0. The van der Waals surface area contributed by atoms with Gasteiger partial charge in [0.2, 0.25) is 0 Å². The fraction of sp³-hybridized carbons (Fsp3) is 0.333. The maximum Gasteiger partial charge on any atom is 0.261 e. The Bertz CT molecular complexity index is 511. The van der Waals surface area contributed by atoms with Gasteiger partial charge in [0.25, 0.3) is 5.89 Å². The molecule has 0 bridgehead atoms. The molecule has 4 nitrogen and oxygen atoms in total. The maximum absolute atomic E-state index is 13.0. The Morgan fingerprint density at radius 3 is 3.00 bits per heavy atom. The first-order valence-electron chi connectivity index (χ1n) is 5.52. The molecule has 0 saturated carbocycles. The molecular formula is C12H13FN2O2. The lowest BCUT2D eigenvalue weighted by molar-refractivity contribution is 0.416. The minimum atomic E-state index is -0.453. The second-order valence-corrected chi connectivity index (χ2v) is 3.78. The largest absolute Gasteiger partial charge is 0.507 e. The molecule has 0 fully saturated rings. The van der Waals surface area contributed by atoms with Crippen molar-refractivity contribution < 1.29 is 14.0 Å². The van der Waals surface area contributed by atoms with Crippen LogP contribution in [-0.4, -0.2) is 15.2 Å². The van der Waals surface area contributed by atoms with Crippen LogP contribution in [0.4, 0.5) is 4.39 Å². The molecule has 2 rings (SSSR count). The van der Waals surface area contributed by atoms with Gasteiger partial charge in [0.15, 0.2) is 5.82 Å². The molecule has 0 unspecified atom stereocenters. The number of aryl methyl sites for hydroxylation is 1. The normalized spacial score (nSPS) is 10.7. The molecule has 1 aromatic carbocycles. The SMILES string of the molecule is CCCCc1noc(-c2cc(F)ccc2O)n1. The van der Waals surface area contributed by atoms with Crippen LogP contribution < -0.4 is 0 Å². The molecule has 0 aliphatic carbocycles. The Morgan fingerprint density at radius 1 is 1.41 bits per heavy atom. The van der Waals surface area contributed by atoms with Crippen molar-refractivity contribution in [2.75, 3.05) is 0 Å². The Labute approximate surface area is 98.1 Å². The second kappa shape index (κ2) is 4.95. The molecule has 0 aliphatic rings. The lowest BCUT2D eigenvalue weighted by Crippen LogP contribution is -1.87. The topological polar surface area (TPSA) is 59.2 Å². The van der Waals surface area contributed by atoms with Crippen LogP contribution >= 0.6 is 0 Å². The average Bonchev–Trinajstić information content (AvgIpc) is 2.78. The van der Waals surface area contributed by atoms with E-state index >= 15 is 0 Å². The monoisotopic (exact) mass is 236 g/mol. The average molecular weight is 236 g/mol. The standard InChI is InChI=1S/C12H13FN2O2/c1-2-3-4-11-14-12(17-15-11)9-7-8(13)5-6-10(9)16/h5-7,16H,2-4H2,1H3. The van der Waals surface area contributed by atoms with Gasteiger partial charge in [-0.3, -0.25) is 0 Å². The molecule has 5 heteroatoms. The number of unbranched alkanes of at least 4 members (excludes halogenated alkanes) is 1. The zero-order valence-corrected chi connectivity index (χ0v) is 9.48. The Balaban J connectivity index is 2.27. The summed E-state index contributed by atoms with van der Waals surface area (Å²) in [5.41, 5.74) is 0.222. The molecule has 0 amide bonds. The van der Waals surface area contributed by atoms with Crippen molar-refractivity contribution >= 4 is 0 Å². The van der Waals surface area contributed by atoms with Crippen molar-refractivity contribution in [2.24, 2.45) is 0 Å². The van der Waals surface area contributed by atoms with Crippen LogP contribution in [0.25, 0.3) is 11.5 Å². The van der Waals surface area contributed by atoms with Crippen LogP contribution in [0, 0.1) is 5.82 Å². The summed E-state index contributed by atoms with van der Waals surface area (Å²) in [7, 11) is 0. The van der Waals surface area contributed by atoms with E-state index < -0.39 is 5.82 Å². The number of aromatic hydroxyl groups is 1. The van der Waals surface area contributed by atoms with Crippen LogP contribution in [0.5, 0.6) is 5.75 Å². The van der Waals surface area contributed by atoms with Gasteiger partial charge in [0.05, 0.1) is 5.56 Å². The first-order chi connectivity index (χ1) is 8.20. The van der Waals surface area contributed by atoms with Crippen molar-refractivity contribution in [3.8, 4) is 17.2 Å². The van der Waals surface area contributed by atoms with E-state index in [2.05, 4.69) is 17.1 Å². The molecule has 0 spiro atoms. The highest BCUT2D eigenvalue weighted by atomic mass is 19.1. The van der Waals surface area contributed by atoms with Gasteiger partial charge in [-0.25, -0.2) is 4.39 Å². The van der Waals surface area contributed by atoms with Gasteiger partial charge in [-0.15, -0.1) is 0 Å². The number of hydrogen-bond donors (Lipinski definition) is 1. The quantitative estimate of drug-likeness (QED) is 0.886. The molecule has 90 valence electrons. The number of phenolic OH excluding ortho intramolecular Hbond substituents is 1. The number of hydrogen-bond acceptors (Lipinski definition) is 4. The van der Waals surface area contributed by atoms with Crippen LogP contribution in [0.2, 0.25) is 0 Å². The zero-order chi connectivity index (χ0) is 12.3. The van der Waals surface area contributed by atoms with Gasteiger partial charge >= 0.3 is 0 Å². The molecule has 17 heavy (non-hydrogen) atoms. The summed E-state index contributed by atoms with van der Waals surface area (Å²) < 4.78 is 18.0. The maximum atomic E-state index is 13.0. The van der Waals surface area contributed by atoms with Gasteiger partial charge in [0.1, 0.15) is 11.6 Å². The van der Waals surface area contributed by atoms with E-state index in [1.165, 1.54) is 18.2 Å². The van der Waals surface area contributed by atoms with Gasteiger partial charge in [-0.05, 0) is 24.6 Å². The number of benzene rings is 1. The van der Waals surface area contributed by atoms with Gasteiger partial charge < -0.3 is 9.63 Å². The summed E-state index contributed by atoms with van der Waals surface area (Å²) in [5, 5.41) is 13.4. The fourth-order valence-corrected chi connectivity index (χ4v) is 1.48. The minimum Gasteiger partial charge on any atom is -0.507 e. The highest BCUT2D eigenvalue weighted by Crippen LogP contribution is 2.28. The van der Waals surface area contributed by atoms with Crippen molar-refractivity contribution in [3.63, 3.8) is 0 Å². The molecule has 0 saturated heterocycles. The lowest BCUT2D eigenvalue weighted by Gasteiger charge is -1.98. The van der Waals surface area contributed by atoms with Gasteiger partial charge in [0, 0.05) is 6.42 Å². The Kier molecular flexibility index (Phi) is 3.37. The molecule has 1 N–H and O–H groups in total. The second-order valence-electron chi connectivity index (χ2n) is 3.78. The predicted octanol–water partition coefficient (Wildman–Crippen LogP) is 2.92. The number of aromatic nitrogens is 2. The van der Waals surface area contributed by atoms with Crippen molar-refractivity contribution in [3.05, 3.63) is 29.8 Å². The predicted molar refractivity (Wildman–Crippen MR) is 60.0 cm³/mol. The molecule has 1 aromatic heterocycles.